The van der Waals surface area contributed by atoms with E-state index in [2.05, 4.69) is 62.4 Å². The summed E-state index contributed by atoms with van der Waals surface area (Å²) in [6.45, 7) is 2.56. The summed E-state index contributed by atoms with van der Waals surface area (Å²) in [7, 11) is 0. The highest BCUT2D eigenvalue weighted by molar-refractivity contribution is 7.15. The second kappa shape index (κ2) is 8.16. The van der Waals surface area contributed by atoms with Crippen LogP contribution < -0.4 is 4.90 Å². The molecule has 0 bridgehead atoms. The van der Waals surface area contributed by atoms with Gasteiger partial charge in [-0.25, -0.2) is 14.7 Å². The van der Waals surface area contributed by atoms with Crippen molar-refractivity contribution in [2.75, 3.05) is 18.0 Å². The third-order valence-corrected chi connectivity index (χ3v) is 6.97. The lowest BCUT2D eigenvalue weighted by Gasteiger charge is -2.28. The first-order chi connectivity index (χ1) is 15.8. The molecule has 2 aliphatic heterocycles. The van der Waals surface area contributed by atoms with Crippen molar-refractivity contribution < 1.29 is 0 Å². The van der Waals surface area contributed by atoms with Crippen LogP contribution >= 0.6 is 11.3 Å². The molecule has 4 heterocycles. The SMILES string of the molecule is C1=NC(c2ccc3c(c2)CN(c2ncc(Cc4ccc(-n5cccn5)cc4)s2)CC3)=NC1. The van der Waals surface area contributed by atoms with E-state index >= 15 is 0 Å². The molecule has 158 valence electrons. The number of aromatic nitrogens is 3. The van der Waals surface area contributed by atoms with Gasteiger partial charge in [-0.15, -0.1) is 11.3 Å². The molecule has 0 fully saturated rings. The van der Waals surface area contributed by atoms with Crippen molar-refractivity contribution >= 4 is 28.5 Å². The molecular formula is C25H22N6S. The fraction of sp³-hybridized carbons (Fsp3) is 0.200. The van der Waals surface area contributed by atoms with Crippen molar-refractivity contribution in [3.63, 3.8) is 0 Å². The monoisotopic (exact) mass is 438 g/mol. The molecule has 6 rings (SSSR count). The molecule has 4 aromatic rings. The molecule has 0 atom stereocenters. The Balaban J connectivity index is 1.16. The standard InChI is InChI=1S/C25H22N6S/c1-9-29-31(12-1)22-6-2-18(3-7-22)14-23-16-28-25(32-23)30-13-8-19-4-5-20(15-21(19)17-30)24-26-10-11-27-24/h1-7,9-10,12,15-16H,8,11,13-14,17H2. The fourth-order valence-corrected chi connectivity index (χ4v) is 5.20. The van der Waals surface area contributed by atoms with Crippen molar-refractivity contribution in [3.05, 3.63) is 94.3 Å². The first-order valence-electron chi connectivity index (χ1n) is 10.8. The van der Waals surface area contributed by atoms with Gasteiger partial charge in [0.05, 0.1) is 12.2 Å². The van der Waals surface area contributed by atoms with Gasteiger partial charge >= 0.3 is 0 Å². The van der Waals surface area contributed by atoms with E-state index in [1.807, 2.05) is 29.4 Å². The summed E-state index contributed by atoms with van der Waals surface area (Å²) in [4.78, 5) is 17.3. The summed E-state index contributed by atoms with van der Waals surface area (Å²) < 4.78 is 1.87. The van der Waals surface area contributed by atoms with E-state index in [9.17, 15) is 0 Å². The van der Waals surface area contributed by atoms with Crippen molar-refractivity contribution in [2.45, 2.75) is 19.4 Å². The fourth-order valence-electron chi connectivity index (χ4n) is 4.24. The molecule has 0 amide bonds. The number of anilines is 1. The van der Waals surface area contributed by atoms with E-state index in [4.69, 9.17) is 4.98 Å². The van der Waals surface area contributed by atoms with Crippen LogP contribution in [-0.4, -0.2) is 39.9 Å². The second-order valence-corrected chi connectivity index (χ2v) is 9.13. The van der Waals surface area contributed by atoms with Gasteiger partial charge in [-0.1, -0.05) is 24.3 Å². The molecule has 6 nitrogen and oxygen atoms in total. The van der Waals surface area contributed by atoms with E-state index in [1.165, 1.54) is 21.6 Å². The molecule has 0 aliphatic carbocycles. The van der Waals surface area contributed by atoms with Gasteiger partial charge < -0.3 is 4.90 Å². The molecular weight excluding hydrogens is 416 g/mol. The van der Waals surface area contributed by atoms with Gasteiger partial charge in [0.2, 0.25) is 0 Å². The van der Waals surface area contributed by atoms with Crippen LogP contribution in [0.2, 0.25) is 0 Å². The average molecular weight is 439 g/mol. The maximum Gasteiger partial charge on any atom is 0.185 e. The molecule has 0 spiro atoms. The van der Waals surface area contributed by atoms with Gasteiger partial charge in [0, 0.05) is 54.8 Å². The Hall–Kier alpha value is -3.58. The first-order valence-corrected chi connectivity index (χ1v) is 11.6. The van der Waals surface area contributed by atoms with Crippen LogP contribution in [0, 0.1) is 0 Å². The lowest BCUT2D eigenvalue weighted by Crippen LogP contribution is -2.30. The van der Waals surface area contributed by atoms with Gasteiger partial charge in [0.25, 0.3) is 0 Å². The van der Waals surface area contributed by atoms with E-state index in [1.54, 1.807) is 17.5 Å². The van der Waals surface area contributed by atoms with Crippen molar-refractivity contribution in [2.24, 2.45) is 9.98 Å². The smallest absolute Gasteiger partial charge is 0.185 e. The lowest BCUT2D eigenvalue weighted by atomic mass is 9.97. The number of benzene rings is 2. The highest BCUT2D eigenvalue weighted by Gasteiger charge is 2.20. The molecule has 0 saturated heterocycles. The number of nitrogens with zero attached hydrogens (tertiary/aromatic N) is 6. The zero-order valence-electron chi connectivity index (χ0n) is 17.6. The maximum absolute atomic E-state index is 4.75. The van der Waals surface area contributed by atoms with Gasteiger partial charge in [-0.05, 0) is 47.4 Å². The minimum atomic E-state index is 0.687. The van der Waals surface area contributed by atoms with Crippen molar-refractivity contribution in [1.29, 1.82) is 0 Å². The Morgan fingerprint density at radius 1 is 1.03 bits per heavy atom. The zero-order valence-corrected chi connectivity index (χ0v) is 18.4. The van der Waals surface area contributed by atoms with E-state index < -0.39 is 0 Å². The summed E-state index contributed by atoms with van der Waals surface area (Å²) in [5.74, 6) is 0.847. The topological polar surface area (TPSA) is 58.7 Å². The minimum Gasteiger partial charge on any atom is -0.343 e. The minimum absolute atomic E-state index is 0.687. The van der Waals surface area contributed by atoms with E-state index in [-0.39, 0.29) is 0 Å². The highest BCUT2D eigenvalue weighted by Crippen LogP contribution is 2.30. The summed E-state index contributed by atoms with van der Waals surface area (Å²) in [5, 5.41) is 5.39. The Labute approximate surface area is 190 Å². The number of amidine groups is 1. The van der Waals surface area contributed by atoms with E-state index in [0.717, 1.165) is 48.1 Å². The van der Waals surface area contributed by atoms with Gasteiger partial charge in [-0.2, -0.15) is 5.10 Å². The predicted octanol–water partition coefficient (Wildman–Crippen LogP) is 4.31. The third kappa shape index (κ3) is 3.76. The normalized spacial score (nSPS) is 15.1. The number of fused-ring (bicyclic) bond motifs is 1. The zero-order chi connectivity index (χ0) is 21.3. The molecule has 0 unspecified atom stereocenters. The molecule has 0 saturated carbocycles. The predicted molar refractivity (Wildman–Crippen MR) is 130 cm³/mol. The van der Waals surface area contributed by atoms with E-state index in [0.29, 0.717) is 6.54 Å². The van der Waals surface area contributed by atoms with Crippen LogP contribution in [0.15, 0.2) is 77.1 Å². The molecule has 2 aliphatic rings. The van der Waals surface area contributed by atoms with Crippen molar-refractivity contribution in [3.8, 4) is 5.69 Å². The molecule has 2 aromatic heterocycles. The van der Waals surface area contributed by atoms with Gasteiger partial charge in [0.15, 0.2) is 11.0 Å². The highest BCUT2D eigenvalue weighted by atomic mass is 32.1. The van der Waals surface area contributed by atoms with Crippen LogP contribution in [0.4, 0.5) is 5.13 Å². The van der Waals surface area contributed by atoms with Crippen LogP contribution in [0.5, 0.6) is 0 Å². The second-order valence-electron chi connectivity index (χ2n) is 8.03. The van der Waals surface area contributed by atoms with Crippen molar-refractivity contribution in [1.82, 2.24) is 14.8 Å². The third-order valence-electron chi connectivity index (χ3n) is 5.91. The summed E-state index contributed by atoms with van der Waals surface area (Å²) in [5.41, 5.74) is 6.23. The summed E-state index contributed by atoms with van der Waals surface area (Å²) in [6, 6.07) is 17.1. The summed E-state index contributed by atoms with van der Waals surface area (Å²) in [6.07, 6.45) is 9.57. The lowest BCUT2D eigenvalue weighted by molar-refractivity contribution is 0.728. The first kappa shape index (κ1) is 19.1. The van der Waals surface area contributed by atoms with Crippen LogP contribution in [0.1, 0.15) is 27.1 Å². The summed E-state index contributed by atoms with van der Waals surface area (Å²) >= 11 is 1.79. The van der Waals surface area contributed by atoms with Gasteiger partial charge in [-0.3, -0.25) is 4.99 Å². The Bertz CT molecular complexity index is 1300. The van der Waals surface area contributed by atoms with Crippen LogP contribution in [0.3, 0.4) is 0 Å². The molecule has 0 N–H and O–H groups in total. The van der Waals surface area contributed by atoms with Crippen LogP contribution in [-0.2, 0) is 19.4 Å². The molecule has 7 heteroatoms. The quantitative estimate of drug-likeness (QED) is 0.466. The Kier molecular flexibility index (Phi) is 4.88. The number of hydrogen-bond acceptors (Lipinski definition) is 6. The molecule has 0 radical (unpaired) electrons. The van der Waals surface area contributed by atoms with Gasteiger partial charge in [0.1, 0.15) is 0 Å². The maximum atomic E-state index is 4.75. The largest absolute Gasteiger partial charge is 0.343 e. The molecule has 2 aromatic carbocycles. The Morgan fingerprint density at radius 2 is 1.97 bits per heavy atom. The average Bonchev–Trinajstić information content (AvgIpc) is 3.62. The number of hydrogen-bond donors (Lipinski definition) is 0. The van der Waals surface area contributed by atoms with Crippen LogP contribution in [0.25, 0.3) is 5.69 Å². The number of thiazole rings is 1. The molecule has 32 heavy (non-hydrogen) atoms. The number of aliphatic imine (C=N–C) groups is 2. The number of rotatable bonds is 5. The Morgan fingerprint density at radius 3 is 2.78 bits per heavy atom.